The molecule has 20 heavy (non-hydrogen) atoms. The molecule has 2 nitrogen and oxygen atoms in total. The number of benzene rings is 2. The molecule has 1 N–H and O–H groups in total. The molecule has 5 heteroatoms. The standard InChI is InChI=1S/C15H14F3NO/c1-20-14-6-5-12(8-13(14)16)19-9-10-3-2-4-11(7-10)15(17)18/h2-8,15,19H,9H2,1H3. The summed E-state index contributed by atoms with van der Waals surface area (Å²) in [7, 11) is 1.39. The van der Waals surface area contributed by atoms with Crippen molar-refractivity contribution >= 4 is 5.69 Å². The summed E-state index contributed by atoms with van der Waals surface area (Å²) in [5.41, 5.74) is 1.25. The van der Waals surface area contributed by atoms with Gasteiger partial charge in [0.05, 0.1) is 7.11 Å². The van der Waals surface area contributed by atoms with Gasteiger partial charge in [-0.3, -0.25) is 0 Å². The molecule has 0 heterocycles. The van der Waals surface area contributed by atoms with Gasteiger partial charge in [-0.25, -0.2) is 13.2 Å². The molecule has 0 aliphatic rings. The Bertz CT molecular complexity index is 587. The van der Waals surface area contributed by atoms with Gasteiger partial charge in [-0.2, -0.15) is 0 Å². The van der Waals surface area contributed by atoms with Crippen LogP contribution in [0.2, 0.25) is 0 Å². The Morgan fingerprint density at radius 3 is 2.60 bits per heavy atom. The van der Waals surface area contributed by atoms with Crippen LogP contribution in [0.25, 0.3) is 0 Å². The molecule has 2 aromatic rings. The minimum absolute atomic E-state index is 0.0230. The fourth-order valence-electron chi connectivity index (χ4n) is 1.82. The van der Waals surface area contributed by atoms with Crippen LogP contribution in [0.5, 0.6) is 5.75 Å². The molecule has 2 aromatic carbocycles. The molecule has 0 fully saturated rings. The first kappa shape index (κ1) is 14.2. The van der Waals surface area contributed by atoms with Gasteiger partial charge in [0, 0.05) is 23.9 Å². The van der Waals surface area contributed by atoms with E-state index in [0.29, 0.717) is 17.8 Å². The summed E-state index contributed by atoms with van der Waals surface area (Å²) in [5, 5.41) is 2.98. The van der Waals surface area contributed by atoms with Gasteiger partial charge >= 0.3 is 0 Å². The highest BCUT2D eigenvalue weighted by Gasteiger charge is 2.07. The molecule has 0 amide bonds. The van der Waals surface area contributed by atoms with E-state index in [-0.39, 0.29) is 11.3 Å². The Morgan fingerprint density at radius 1 is 1.15 bits per heavy atom. The third-order valence-corrected chi connectivity index (χ3v) is 2.85. The quantitative estimate of drug-likeness (QED) is 0.878. The highest BCUT2D eigenvalue weighted by atomic mass is 19.3. The third kappa shape index (κ3) is 3.44. The van der Waals surface area contributed by atoms with Crippen molar-refractivity contribution in [2.45, 2.75) is 13.0 Å². The second-order valence-electron chi connectivity index (χ2n) is 4.25. The van der Waals surface area contributed by atoms with E-state index in [4.69, 9.17) is 4.74 Å². The maximum Gasteiger partial charge on any atom is 0.263 e. The van der Waals surface area contributed by atoms with E-state index in [1.807, 2.05) is 0 Å². The summed E-state index contributed by atoms with van der Waals surface area (Å²) in [6.07, 6.45) is -2.49. The van der Waals surface area contributed by atoms with Crippen molar-refractivity contribution < 1.29 is 17.9 Å². The first-order valence-electron chi connectivity index (χ1n) is 6.04. The van der Waals surface area contributed by atoms with Crippen LogP contribution in [0.1, 0.15) is 17.6 Å². The van der Waals surface area contributed by atoms with Gasteiger partial charge in [0.1, 0.15) is 0 Å². The van der Waals surface area contributed by atoms with Crippen molar-refractivity contribution in [3.8, 4) is 5.75 Å². The molecule has 106 valence electrons. The lowest BCUT2D eigenvalue weighted by Crippen LogP contribution is -2.01. The van der Waals surface area contributed by atoms with Crippen molar-refractivity contribution in [3.63, 3.8) is 0 Å². The van der Waals surface area contributed by atoms with Crippen LogP contribution < -0.4 is 10.1 Å². The number of hydrogen-bond donors (Lipinski definition) is 1. The normalized spacial score (nSPS) is 10.7. The minimum Gasteiger partial charge on any atom is -0.494 e. The molecule has 0 unspecified atom stereocenters. The smallest absolute Gasteiger partial charge is 0.263 e. The molecule has 0 bridgehead atoms. The summed E-state index contributed by atoms with van der Waals surface area (Å²) in [6, 6.07) is 10.6. The number of halogens is 3. The summed E-state index contributed by atoms with van der Waals surface area (Å²) in [5.74, 6) is -0.311. The van der Waals surface area contributed by atoms with Crippen molar-refractivity contribution in [2.75, 3.05) is 12.4 Å². The SMILES string of the molecule is COc1ccc(NCc2cccc(C(F)F)c2)cc1F. The van der Waals surface area contributed by atoms with Gasteiger partial charge in [-0.05, 0) is 23.8 Å². The Morgan fingerprint density at radius 2 is 1.95 bits per heavy atom. The molecule has 0 aromatic heterocycles. The lowest BCUT2D eigenvalue weighted by Gasteiger charge is -2.09. The first-order chi connectivity index (χ1) is 9.60. The van der Waals surface area contributed by atoms with E-state index in [1.165, 1.54) is 31.4 Å². The molecule has 0 spiro atoms. The fourth-order valence-corrected chi connectivity index (χ4v) is 1.82. The second-order valence-corrected chi connectivity index (χ2v) is 4.25. The van der Waals surface area contributed by atoms with Crippen molar-refractivity contribution in [2.24, 2.45) is 0 Å². The first-order valence-corrected chi connectivity index (χ1v) is 6.04. The largest absolute Gasteiger partial charge is 0.494 e. The topological polar surface area (TPSA) is 21.3 Å². The van der Waals surface area contributed by atoms with Crippen LogP contribution in [-0.2, 0) is 6.54 Å². The number of nitrogens with one attached hydrogen (secondary N) is 1. The average molecular weight is 281 g/mol. The Hall–Kier alpha value is -2.17. The van der Waals surface area contributed by atoms with Gasteiger partial charge in [0.25, 0.3) is 6.43 Å². The van der Waals surface area contributed by atoms with Crippen molar-refractivity contribution in [1.82, 2.24) is 0 Å². The highest BCUT2D eigenvalue weighted by Crippen LogP contribution is 2.22. The second kappa shape index (κ2) is 6.32. The number of alkyl halides is 2. The van der Waals surface area contributed by atoms with E-state index in [9.17, 15) is 13.2 Å². The number of methoxy groups -OCH3 is 1. The van der Waals surface area contributed by atoms with E-state index < -0.39 is 12.2 Å². The molecular formula is C15H14F3NO. The van der Waals surface area contributed by atoms with E-state index in [2.05, 4.69) is 5.32 Å². The summed E-state index contributed by atoms with van der Waals surface area (Å²) in [6.45, 7) is 0.340. The number of anilines is 1. The molecule has 0 atom stereocenters. The maximum absolute atomic E-state index is 13.5. The Balaban J connectivity index is 2.05. The maximum atomic E-state index is 13.5. The minimum atomic E-state index is -2.49. The molecule has 0 saturated heterocycles. The van der Waals surface area contributed by atoms with Gasteiger partial charge in [-0.15, -0.1) is 0 Å². The lowest BCUT2D eigenvalue weighted by molar-refractivity contribution is 0.151. The van der Waals surface area contributed by atoms with Gasteiger partial charge in [-0.1, -0.05) is 18.2 Å². The van der Waals surface area contributed by atoms with Crippen molar-refractivity contribution in [1.29, 1.82) is 0 Å². The van der Waals surface area contributed by atoms with Crippen LogP contribution in [0.3, 0.4) is 0 Å². The van der Waals surface area contributed by atoms with E-state index in [1.54, 1.807) is 18.2 Å². The van der Waals surface area contributed by atoms with Gasteiger partial charge in [0.2, 0.25) is 0 Å². The third-order valence-electron chi connectivity index (χ3n) is 2.85. The number of rotatable bonds is 5. The van der Waals surface area contributed by atoms with Gasteiger partial charge in [0.15, 0.2) is 11.6 Å². The van der Waals surface area contributed by atoms with Gasteiger partial charge < -0.3 is 10.1 Å². The fraction of sp³-hybridized carbons (Fsp3) is 0.200. The Labute approximate surface area is 115 Å². The highest BCUT2D eigenvalue weighted by molar-refractivity contribution is 5.47. The Kier molecular flexibility index (Phi) is 4.50. The van der Waals surface area contributed by atoms with Crippen LogP contribution >= 0.6 is 0 Å². The predicted molar refractivity (Wildman–Crippen MR) is 71.7 cm³/mol. The van der Waals surface area contributed by atoms with E-state index >= 15 is 0 Å². The zero-order valence-corrected chi connectivity index (χ0v) is 10.9. The molecule has 0 aliphatic heterocycles. The van der Waals surface area contributed by atoms with Crippen LogP contribution in [0.4, 0.5) is 18.9 Å². The summed E-state index contributed by atoms with van der Waals surface area (Å²) >= 11 is 0. The number of ether oxygens (including phenoxy) is 1. The monoisotopic (exact) mass is 281 g/mol. The lowest BCUT2D eigenvalue weighted by atomic mass is 10.1. The number of hydrogen-bond acceptors (Lipinski definition) is 2. The van der Waals surface area contributed by atoms with E-state index in [0.717, 1.165) is 0 Å². The average Bonchev–Trinajstić information content (AvgIpc) is 2.45. The molecule has 0 radical (unpaired) electrons. The summed E-state index contributed by atoms with van der Waals surface area (Å²) < 4.78 is 43.4. The van der Waals surface area contributed by atoms with Crippen molar-refractivity contribution in [3.05, 3.63) is 59.4 Å². The predicted octanol–water partition coefficient (Wildman–Crippen LogP) is 4.38. The zero-order chi connectivity index (χ0) is 14.5. The molecule has 0 saturated carbocycles. The van der Waals surface area contributed by atoms with Crippen LogP contribution in [0, 0.1) is 5.82 Å². The molecular weight excluding hydrogens is 267 g/mol. The summed E-state index contributed by atoms with van der Waals surface area (Å²) in [4.78, 5) is 0. The molecule has 2 rings (SSSR count). The van der Waals surface area contributed by atoms with Crippen LogP contribution in [0.15, 0.2) is 42.5 Å². The molecule has 0 aliphatic carbocycles. The zero-order valence-electron chi connectivity index (χ0n) is 10.9. The van der Waals surface area contributed by atoms with Crippen LogP contribution in [-0.4, -0.2) is 7.11 Å².